The number of halogens is 2. The minimum absolute atomic E-state index is 0.383. The van der Waals surface area contributed by atoms with Crippen molar-refractivity contribution in [1.29, 1.82) is 0 Å². The molecule has 1 aliphatic heterocycles. The molecule has 0 N–H and O–H groups in total. The SMILES string of the molecule is Cc1cc(-c2nc(Br)c3n2C[C@@H](CF)OCC3)ccc1OC1CC1. The lowest BCUT2D eigenvalue weighted by Gasteiger charge is -2.15. The van der Waals surface area contributed by atoms with Gasteiger partial charge in [-0.25, -0.2) is 9.37 Å². The van der Waals surface area contributed by atoms with E-state index in [1.807, 2.05) is 12.1 Å². The predicted molar refractivity (Wildman–Crippen MR) is 93.2 cm³/mol. The second kappa shape index (κ2) is 6.48. The number of benzene rings is 1. The summed E-state index contributed by atoms with van der Waals surface area (Å²) in [6.07, 6.45) is 2.99. The maximum Gasteiger partial charge on any atom is 0.141 e. The minimum Gasteiger partial charge on any atom is -0.490 e. The fraction of sp³-hybridized carbons (Fsp3) is 0.500. The van der Waals surface area contributed by atoms with Crippen molar-refractivity contribution in [1.82, 2.24) is 9.55 Å². The van der Waals surface area contributed by atoms with Gasteiger partial charge in [0.25, 0.3) is 0 Å². The second-order valence-electron chi connectivity index (χ2n) is 6.48. The molecule has 24 heavy (non-hydrogen) atoms. The van der Waals surface area contributed by atoms with Crippen molar-refractivity contribution in [3.8, 4) is 17.1 Å². The number of nitrogens with zero attached hydrogens (tertiary/aromatic N) is 2. The molecule has 1 aromatic carbocycles. The zero-order valence-electron chi connectivity index (χ0n) is 13.6. The first-order valence-electron chi connectivity index (χ1n) is 8.36. The van der Waals surface area contributed by atoms with Gasteiger partial charge in [-0.3, -0.25) is 0 Å². The van der Waals surface area contributed by atoms with Crippen molar-refractivity contribution in [2.75, 3.05) is 13.3 Å². The molecule has 0 spiro atoms. The number of fused-ring (bicyclic) bond motifs is 1. The Labute approximate surface area is 149 Å². The Hall–Kier alpha value is -1.40. The van der Waals surface area contributed by atoms with Crippen LogP contribution in [0, 0.1) is 6.92 Å². The van der Waals surface area contributed by atoms with Crippen molar-refractivity contribution in [2.45, 2.75) is 44.9 Å². The van der Waals surface area contributed by atoms with Gasteiger partial charge in [0.2, 0.25) is 0 Å². The summed E-state index contributed by atoms with van der Waals surface area (Å²) in [6, 6.07) is 6.14. The number of hydrogen-bond donors (Lipinski definition) is 0. The van der Waals surface area contributed by atoms with Crippen LogP contribution in [0.4, 0.5) is 4.39 Å². The first-order chi connectivity index (χ1) is 11.7. The summed E-state index contributed by atoms with van der Waals surface area (Å²) in [5.41, 5.74) is 3.18. The first kappa shape index (κ1) is 16.1. The van der Waals surface area contributed by atoms with Gasteiger partial charge in [0, 0.05) is 12.0 Å². The summed E-state index contributed by atoms with van der Waals surface area (Å²) >= 11 is 3.54. The molecule has 1 saturated carbocycles. The van der Waals surface area contributed by atoms with Crippen LogP contribution < -0.4 is 4.74 Å². The van der Waals surface area contributed by atoms with Crippen molar-refractivity contribution < 1.29 is 13.9 Å². The van der Waals surface area contributed by atoms with E-state index in [-0.39, 0.29) is 0 Å². The number of alkyl halides is 1. The zero-order valence-corrected chi connectivity index (χ0v) is 15.2. The second-order valence-corrected chi connectivity index (χ2v) is 7.23. The molecular formula is C18H20BrFN2O2. The topological polar surface area (TPSA) is 36.3 Å². The van der Waals surface area contributed by atoms with Crippen molar-refractivity contribution in [3.63, 3.8) is 0 Å². The highest BCUT2D eigenvalue weighted by Gasteiger charge is 2.26. The highest BCUT2D eigenvalue weighted by atomic mass is 79.9. The van der Waals surface area contributed by atoms with Crippen LogP contribution in [0.15, 0.2) is 22.8 Å². The lowest BCUT2D eigenvalue weighted by molar-refractivity contribution is 0.0355. The molecule has 0 unspecified atom stereocenters. The number of aromatic nitrogens is 2. The van der Waals surface area contributed by atoms with E-state index < -0.39 is 12.8 Å². The molecule has 0 radical (unpaired) electrons. The molecule has 1 fully saturated rings. The Morgan fingerprint density at radius 1 is 1.42 bits per heavy atom. The predicted octanol–water partition coefficient (Wildman–Crippen LogP) is 4.07. The molecule has 0 bridgehead atoms. The van der Waals surface area contributed by atoms with Gasteiger partial charge >= 0.3 is 0 Å². The maximum atomic E-state index is 13.2. The van der Waals surface area contributed by atoms with Gasteiger partial charge in [0.15, 0.2) is 0 Å². The molecule has 4 nitrogen and oxygen atoms in total. The standard InChI is InChI=1S/C18H20BrFN2O2/c1-11-8-12(2-5-16(11)24-13-3-4-13)18-21-17(19)15-6-7-23-14(9-20)10-22(15)18/h2,5,8,13-14H,3-4,6-7,9-10H2,1H3/t14-/m1/s1. The Morgan fingerprint density at radius 2 is 2.25 bits per heavy atom. The van der Waals surface area contributed by atoms with Gasteiger partial charge in [0.1, 0.15) is 29.0 Å². The summed E-state index contributed by atoms with van der Waals surface area (Å²) in [6.45, 7) is 2.57. The Morgan fingerprint density at radius 3 is 2.96 bits per heavy atom. The van der Waals surface area contributed by atoms with E-state index in [1.54, 1.807) is 0 Å². The van der Waals surface area contributed by atoms with E-state index in [0.717, 1.165) is 52.3 Å². The van der Waals surface area contributed by atoms with E-state index in [9.17, 15) is 4.39 Å². The molecular weight excluding hydrogens is 375 g/mol. The van der Waals surface area contributed by atoms with E-state index in [1.165, 1.54) is 0 Å². The molecule has 1 atom stereocenters. The van der Waals surface area contributed by atoms with Crippen LogP contribution >= 0.6 is 15.9 Å². The lowest BCUT2D eigenvalue weighted by Crippen LogP contribution is -2.21. The quantitative estimate of drug-likeness (QED) is 0.783. The Bertz CT molecular complexity index is 758. The third-order valence-corrected chi connectivity index (χ3v) is 5.16. The summed E-state index contributed by atoms with van der Waals surface area (Å²) in [5.74, 6) is 1.79. The number of aryl methyl sites for hydroxylation is 1. The minimum atomic E-state index is -0.484. The van der Waals surface area contributed by atoms with Crippen LogP contribution in [-0.4, -0.2) is 35.0 Å². The Kier molecular flexibility index (Phi) is 4.35. The fourth-order valence-corrected chi connectivity index (χ4v) is 3.65. The Balaban J connectivity index is 1.70. The van der Waals surface area contributed by atoms with Crippen molar-refractivity contribution in [2.24, 2.45) is 0 Å². The van der Waals surface area contributed by atoms with Gasteiger partial charge in [0.05, 0.1) is 24.9 Å². The zero-order chi connectivity index (χ0) is 16.7. The fourth-order valence-electron chi connectivity index (χ4n) is 3.07. The van der Waals surface area contributed by atoms with Crippen molar-refractivity contribution >= 4 is 15.9 Å². The average molecular weight is 395 g/mol. The van der Waals surface area contributed by atoms with Gasteiger partial charge in [-0.1, -0.05) is 0 Å². The number of rotatable bonds is 4. The van der Waals surface area contributed by atoms with Crippen LogP contribution in [-0.2, 0) is 17.7 Å². The molecule has 128 valence electrons. The van der Waals surface area contributed by atoms with Gasteiger partial charge in [-0.2, -0.15) is 0 Å². The van der Waals surface area contributed by atoms with E-state index in [4.69, 9.17) is 9.47 Å². The number of ether oxygens (including phenoxy) is 2. The van der Waals surface area contributed by atoms with E-state index >= 15 is 0 Å². The first-order valence-corrected chi connectivity index (χ1v) is 9.15. The molecule has 6 heteroatoms. The average Bonchev–Trinajstić information content (AvgIpc) is 3.36. The lowest BCUT2D eigenvalue weighted by atomic mass is 10.1. The normalized spacial score (nSPS) is 20.5. The molecule has 1 aliphatic carbocycles. The monoisotopic (exact) mass is 394 g/mol. The van der Waals surface area contributed by atoms with E-state index in [0.29, 0.717) is 19.3 Å². The molecule has 2 aromatic rings. The van der Waals surface area contributed by atoms with Gasteiger partial charge in [-0.05, 0) is 59.5 Å². The largest absolute Gasteiger partial charge is 0.490 e. The maximum absolute atomic E-state index is 13.2. The molecule has 0 saturated heterocycles. The van der Waals surface area contributed by atoms with E-state index in [2.05, 4.69) is 38.5 Å². The summed E-state index contributed by atoms with van der Waals surface area (Å²) < 4.78 is 27.5. The summed E-state index contributed by atoms with van der Waals surface area (Å²) in [5, 5.41) is 0. The van der Waals surface area contributed by atoms with Crippen LogP contribution in [0.2, 0.25) is 0 Å². The van der Waals surface area contributed by atoms with Crippen LogP contribution in [0.1, 0.15) is 24.1 Å². The summed E-state index contributed by atoms with van der Waals surface area (Å²) in [7, 11) is 0. The third-order valence-electron chi connectivity index (χ3n) is 4.53. The molecule has 2 aliphatic rings. The highest BCUT2D eigenvalue weighted by Crippen LogP contribution is 2.33. The molecule has 2 heterocycles. The van der Waals surface area contributed by atoms with Crippen LogP contribution in [0.25, 0.3) is 11.4 Å². The van der Waals surface area contributed by atoms with Gasteiger partial charge in [-0.15, -0.1) is 0 Å². The molecule has 1 aromatic heterocycles. The summed E-state index contributed by atoms with van der Waals surface area (Å²) in [4.78, 5) is 4.68. The molecule has 0 amide bonds. The van der Waals surface area contributed by atoms with Crippen LogP contribution in [0.5, 0.6) is 5.75 Å². The van der Waals surface area contributed by atoms with Crippen LogP contribution in [0.3, 0.4) is 0 Å². The van der Waals surface area contributed by atoms with Crippen molar-refractivity contribution in [3.05, 3.63) is 34.1 Å². The smallest absolute Gasteiger partial charge is 0.141 e. The highest BCUT2D eigenvalue weighted by molar-refractivity contribution is 9.10. The van der Waals surface area contributed by atoms with Gasteiger partial charge < -0.3 is 14.0 Å². The third kappa shape index (κ3) is 3.09. The number of hydrogen-bond acceptors (Lipinski definition) is 3. The number of imidazole rings is 1. The molecule has 4 rings (SSSR count).